The van der Waals surface area contributed by atoms with Crippen LogP contribution < -0.4 is 0 Å². The summed E-state index contributed by atoms with van der Waals surface area (Å²) in [5.74, 6) is -1.17. The van der Waals surface area contributed by atoms with Gasteiger partial charge in [0.1, 0.15) is 17.2 Å². The summed E-state index contributed by atoms with van der Waals surface area (Å²) in [7, 11) is 0. The predicted molar refractivity (Wildman–Crippen MR) is 48.8 cm³/mol. The second-order valence-electron chi connectivity index (χ2n) is 3.38. The quantitative estimate of drug-likeness (QED) is 0.523. The number of rotatable bonds is 2. The topological polar surface area (TPSA) is 12.5 Å². The van der Waals surface area contributed by atoms with Gasteiger partial charge in [-0.2, -0.15) is 0 Å². The van der Waals surface area contributed by atoms with Crippen LogP contribution in [0.1, 0.15) is 12.5 Å². The molecule has 0 aromatic heterocycles. The fraction of sp³-hybridized carbons (Fsp3) is 0.273. The first-order valence-electron chi connectivity index (χ1n) is 4.37. The van der Waals surface area contributed by atoms with E-state index >= 15 is 0 Å². The molecule has 0 spiro atoms. The van der Waals surface area contributed by atoms with E-state index in [4.69, 9.17) is 4.74 Å². The standard InChI is InChI=1S/C11H10F2O/c1-3-11(7(2)14-11)9-5-4-8(12)6-10(9)13/h3-7H,1H2,2H3/t7-,11?/m0/s1. The van der Waals surface area contributed by atoms with Crippen molar-refractivity contribution in [1.82, 2.24) is 0 Å². The van der Waals surface area contributed by atoms with E-state index in [9.17, 15) is 8.78 Å². The Hall–Kier alpha value is -1.22. The summed E-state index contributed by atoms with van der Waals surface area (Å²) >= 11 is 0. The van der Waals surface area contributed by atoms with Crippen LogP contribution in [0.3, 0.4) is 0 Å². The van der Waals surface area contributed by atoms with Crippen molar-refractivity contribution in [3.63, 3.8) is 0 Å². The van der Waals surface area contributed by atoms with Crippen LogP contribution in [0.4, 0.5) is 8.78 Å². The van der Waals surface area contributed by atoms with Gasteiger partial charge in [0.2, 0.25) is 0 Å². The maximum atomic E-state index is 13.4. The highest BCUT2D eigenvalue weighted by Gasteiger charge is 2.53. The molecular formula is C11H10F2O. The molecule has 1 nitrogen and oxygen atoms in total. The molecule has 1 aliphatic heterocycles. The summed E-state index contributed by atoms with van der Waals surface area (Å²) < 4.78 is 31.3. The summed E-state index contributed by atoms with van der Waals surface area (Å²) in [5, 5.41) is 0. The smallest absolute Gasteiger partial charge is 0.140 e. The first-order chi connectivity index (χ1) is 6.60. The predicted octanol–water partition coefficient (Wildman–Crippen LogP) is 2.76. The van der Waals surface area contributed by atoms with E-state index in [2.05, 4.69) is 6.58 Å². The number of hydrogen-bond donors (Lipinski definition) is 0. The van der Waals surface area contributed by atoms with Gasteiger partial charge in [0.15, 0.2) is 0 Å². The SMILES string of the molecule is C=CC1(c2ccc(F)cc2F)O[C@H]1C. The number of hydrogen-bond acceptors (Lipinski definition) is 1. The second kappa shape index (κ2) is 2.89. The fourth-order valence-corrected chi connectivity index (χ4v) is 1.67. The summed E-state index contributed by atoms with van der Waals surface area (Å²) in [6.07, 6.45) is 1.45. The van der Waals surface area contributed by atoms with Crippen LogP contribution in [-0.4, -0.2) is 6.10 Å². The number of ether oxygens (including phenoxy) is 1. The van der Waals surface area contributed by atoms with E-state index in [0.29, 0.717) is 5.56 Å². The monoisotopic (exact) mass is 196 g/mol. The number of halogens is 2. The van der Waals surface area contributed by atoms with Gasteiger partial charge in [0, 0.05) is 11.6 Å². The molecule has 1 heterocycles. The maximum absolute atomic E-state index is 13.4. The minimum atomic E-state index is -0.752. The molecular weight excluding hydrogens is 186 g/mol. The third kappa shape index (κ3) is 1.16. The Balaban J connectivity index is 2.47. The van der Waals surface area contributed by atoms with E-state index in [1.807, 2.05) is 6.92 Å². The Kier molecular flexibility index (Phi) is 1.93. The zero-order valence-electron chi connectivity index (χ0n) is 7.76. The molecule has 3 heteroatoms. The third-order valence-electron chi connectivity index (χ3n) is 2.57. The van der Waals surface area contributed by atoms with Crippen LogP contribution in [0.25, 0.3) is 0 Å². The number of epoxide rings is 1. The van der Waals surface area contributed by atoms with Crippen molar-refractivity contribution >= 4 is 0 Å². The van der Waals surface area contributed by atoms with Crippen LogP contribution in [0.5, 0.6) is 0 Å². The van der Waals surface area contributed by atoms with Crippen molar-refractivity contribution in [3.05, 3.63) is 48.1 Å². The van der Waals surface area contributed by atoms with E-state index < -0.39 is 17.2 Å². The lowest BCUT2D eigenvalue weighted by atomic mass is 9.95. The van der Waals surface area contributed by atoms with E-state index in [1.165, 1.54) is 12.1 Å². The minimum absolute atomic E-state index is 0.0973. The van der Waals surface area contributed by atoms with Gasteiger partial charge < -0.3 is 4.74 Å². The molecule has 1 unspecified atom stereocenters. The first-order valence-corrected chi connectivity index (χ1v) is 4.37. The summed E-state index contributed by atoms with van der Waals surface area (Å²) in [5.41, 5.74) is -0.404. The summed E-state index contributed by atoms with van der Waals surface area (Å²) in [4.78, 5) is 0. The Morgan fingerprint density at radius 1 is 1.50 bits per heavy atom. The third-order valence-corrected chi connectivity index (χ3v) is 2.57. The Bertz CT molecular complexity index is 389. The lowest BCUT2D eigenvalue weighted by Gasteiger charge is -2.08. The lowest BCUT2D eigenvalue weighted by molar-refractivity contribution is 0.332. The molecule has 0 bridgehead atoms. The molecule has 0 radical (unpaired) electrons. The minimum Gasteiger partial charge on any atom is -0.357 e. The molecule has 2 rings (SSSR count). The molecule has 1 aromatic rings. The molecule has 74 valence electrons. The maximum Gasteiger partial charge on any atom is 0.140 e. The first kappa shape index (κ1) is 9.34. The lowest BCUT2D eigenvalue weighted by Crippen LogP contribution is -2.10. The van der Waals surface area contributed by atoms with Gasteiger partial charge in [-0.1, -0.05) is 12.7 Å². The molecule has 0 amide bonds. The van der Waals surface area contributed by atoms with Crippen LogP contribution in [0.15, 0.2) is 30.9 Å². The summed E-state index contributed by atoms with van der Waals surface area (Å²) in [6.45, 7) is 5.42. The molecule has 2 atom stereocenters. The van der Waals surface area contributed by atoms with E-state index in [0.717, 1.165) is 6.07 Å². The van der Waals surface area contributed by atoms with Crippen molar-refractivity contribution in [2.45, 2.75) is 18.6 Å². The summed E-state index contributed by atoms with van der Waals surface area (Å²) in [6, 6.07) is 3.48. The van der Waals surface area contributed by atoms with Gasteiger partial charge in [0.05, 0.1) is 6.10 Å². The normalized spacial score (nSPS) is 30.1. The average molecular weight is 196 g/mol. The molecule has 0 N–H and O–H groups in total. The molecule has 1 saturated heterocycles. The van der Waals surface area contributed by atoms with Crippen molar-refractivity contribution < 1.29 is 13.5 Å². The van der Waals surface area contributed by atoms with Crippen LogP contribution in [0, 0.1) is 11.6 Å². The highest BCUT2D eigenvalue weighted by Crippen LogP contribution is 2.47. The van der Waals surface area contributed by atoms with Crippen LogP contribution >= 0.6 is 0 Å². The molecule has 0 saturated carbocycles. The molecule has 1 aromatic carbocycles. The zero-order valence-corrected chi connectivity index (χ0v) is 7.76. The fourth-order valence-electron chi connectivity index (χ4n) is 1.67. The number of benzene rings is 1. The van der Waals surface area contributed by atoms with Crippen molar-refractivity contribution in [2.24, 2.45) is 0 Å². The van der Waals surface area contributed by atoms with Gasteiger partial charge >= 0.3 is 0 Å². The van der Waals surface area contributed by atoms with Gasteiger partial charge in [-0.05, 0) is 19.1 Å². The van der Waals surface area contributed by atoms with Gasteiger partial charge in [-0.25, -0.2) is 8.78 Å². The average Bonchev–Trinajstić information content (AvgIpc) is 2.78. The van der Waals surface area contributed by atoms with Crippen LogP contribution in [0.2, 0.25) is 0 Å². The Morgan fingerprint density at radius 3 is 2.57 bits per heavy atom. The highest BCUT2D eigenvalue weighted by molar-refractivity contribution is 5.35. The molecule has 14 heavy (non-hydrogen) atoms. The van der Waals surface area contributed by atoms with E-state index in [1.54, 1.807) is 6.08 Å². The largest absolute Gasteiger partial charge is 0.357 e. The van der Waals surface area contributed by atoms with Gasteiger partial charge in [-0.15, -0.1) is 0 Å². The van der Waals surface area contributed by atoms with Crippen molar-refractivity contribution in [3.8, 4) is 0 Å². The Morgan fingerprint density at radius 2 is 2.14 bits per heavy atom. The van der Waals surface area contributed by atoms with E-state index in [-0.39, 0.29) is 6.10 Å². The molecule has 0 aliphatic carbocycles. The Labute approximate surface area is 81.0 Å². The van der Waals surface area contributed by atoms with Gasteiger partial charge in [0.25, 0.3) is 0 Å². The highest BCUT2D eigenvalue weighted by atomic mass is 19.1. The van der Waals surface area contributed by atoms with Crippen molar-refractivity contribution in [1.29, 1.82) is 0 Å². The zero-order chi connectivity index (χ0) is 10.3. The second-order valence-corrected chi connectivity index (χ2v) is 3.38. The van der Waals surface area contributed by atoms with Crippen molar-refractivity contribution in [2.75, 3.05) is 0 Å². The van der Waals surface area contributed by atoms with Gasteiger partial charge in [-0.3, -0.25) is 0 Å². The molecule has 1 fully saturated rings. The van der Waals surface area contributed by atoms with Crippen LogP contribution in [-0.2, 0) is 10.3 Å². The molecule has 1 aliphatic rings.